The van der Waals surface area contributed by atoms with Gasteiger partial charge in [-0.1, -0.05) is 0 Å². The molecule has 0 atom stereocenters. The molecule has 0 unspecified atom stereocenters. The van der Waals surface area contributed by atoms with Crippen molar-refractivity contribution in [3.63, 3.8) is 0 Å². The Morgan fingerprint density at radius 3 is 2.69 bits per heavy atom. The van der Waals surface area contributed by atoms with E-state index in [1.54, 1.807) is 37.1 Å². The largest absolute Gasteiger partial charge is 0.495 e. The Balaban J connectivity index is 0.00000243. The molecule has 0 saturated heterocycles. The molecule has 0 radical (unpaired) electrons. The molecule has 0 bridgehead atoms. The van der Waals surface area contributed by atoms with Gasteiger partial charge in [0.15, 0.2) is 11.5 Å². The fourth-order valence-corrected chi connectivity index (χ4v) is 3.29. The number of thioether (sulfide) groups is 1. The maximum Gasteiger partial charge on any atom is 0.225 e. The lowest BCUT2D eigenvalue weighted by molar-refractivity contribution is -0.115. The molecule has 0 aromatic heterocycles. The molecule has 2 aromatic carbocycles. The highest BCUT2D eigenvalue weighted by Gasteiger charge is 2.12. The van der Waals surface area contributed by atoms with Crippen molar-refractivity contribution >= 4 is 41.5 Å². The maximum absolute atomic E-state index is 12.1. The van der Waals surface area contributed by atoms with Gasteiger partial charge in [0.05, 0.1) is 12.8 Å². The average Bonchev–Trinajstić information content (AvgIpc) is 2.62. The summed E-state index contributed by atoms with van der Waals surface area (Å²) < 4.78 is 16.2. The third kappa shape index (κ3) is 5.12. The van der Waals surface area contributed by atoms with Crippen LogP contribution in [0.1, 0.15) is 6.42 Å². The number of ether oxygens (including phenoxy) is 3. The van der Waals surface area contributed by atoms with E-state index in [0.717, 1.165) is 16.4 Å². The molecule has 2 aromatic rings. The number of nitrogen functional groups attached to an aromatic ring is 1. The Hall–Kier alpha value is -2.25. The van der Waals surface area contributed by atoms with Gasteiger partial charge in [-0.2, -0.15) is 0 Å². The van der Waals surface area contributed by atoms with E-state index in [1.807, 2.05) is 18.2 Å². The Labute approximate surface area is 162 Å². The summed E-state index contributed by atoms with van der Waals surface area (Å²) in [6, 6.07) is 11.0. The van der Waals surface area contributed by atoms with E-state index < -0.39 is 0 Å². The van der Waals surface area contributed by atoms with Crippen LogP contribution in [-0.2, 0) is 4.79 Å². The zero-order valence-electron chi connectivity index (χ0n) is 14.3. The van der Waals surface area contributed by atoms with Crippen LogP contribution in [0, 0.1) is 0 Å². The quantitative estimate of drug-likeness (QED) is 0.573. The molecule has 26 heavy (non-hydrogen) atoms. The van der Waals surface area contributed by atoms with Gasteiger partial charge in [-0.25, -0.2) is 0 Å². The molecule has 1 aliphatic heterocycles. The van der Waals surface area contributed by atoms with E-state index in [2.05, 4.69) is 5.32 Å². The summed E-state index contributed by atoms with van der Waals surface area (Å²) in [6.45, 7) is 1.14. The molecule has 3 rings (SSSR count). The topological polar surface area (TPSA) is 82.8 Å². The van der Waals surface area contributed by atoms with E-state index in [-0.39, 0.29) is 18.3 Å². The monoisotopic (exact) mass is 396 g/mol. The first-order valence-corrected chi connectivity index (χ1v) is 8.90. The zero-order valence-corrected chi connectivity index (χ0v) is 16.0. The third-order valence-electron chi connectivity index (χ3n) is 3.62. The first-order valence-electron chi connectivity index (χ1n) is 7.91. The molecular formula is C18H21ClN2O4S. The number of nitrogens with two attached hydrogens (primary N) is 1. The van der Waals surface area contributed by atoms with Crippen molar-refractivity contribution < 1.29 is 19.0 Å². The van der Waals surface area contributed by atoms with E-state index in [9.17, 15) is 4.79 Å². The summed E-state index contributed by atoms with van der Waals surface area (Å²) in [7, 11) is 1.55. The van der Waals surface area contributed by atoms with Crippen LogP contribution in [0.25, 0.3) is 0 Å². The smallest absolute Gasteiger partial charge is 0.225 e. The molecule has 0 fully saturated rings. The number of benzene rings is 2. The first-order chi connectivity index (χ1) is 12.2. The lowest BCUT2D eigenvalue weighted by Crippen LogP contribution is -2.15. The molecule has 0 aliphatic carbocycles. The summed E-state index contributed by atoms with van der Waals surface area (Å²) in [4.78, 5) is 13.1. The minimum absolute atomic E-state index is 0. The number of carbonyl (C=O) groups excluding carboxylic acids is 1. The van der Waals surface area contributed by atoms with E-state index >= 15 is 0 Å². The van der Waals surface area contributed by atoms with Gasteiger partial charge >= 0.3 is 0 Å². The molecule has 6 nitrogen and oxygen atoms in total. The number of anilines is 2. The van der Waals surface area contributed by atoms with Crippen molar-refractivity contribution in [3.8, 4) is 17.2 Å². The number of methoxy groups -OCH3 is 1. The first kappa shape index (κ1) is 20.1. The molecule has 8 heteroatoms. The zero-order chi connectivity index (χ0) is 17.6. The number of fused-ring (bicyclic) bond motifs is 1. The van der Waals surface area contributed by atoms with Crippen molar-refractivity contribution in [2.75, 3.05) is 37.1 Å². The summed E-state index contributed by atoms with van der Waals surface area (Å²) in [5.74, 6) is 2.72. The van der Waals surface area contributed by atoms with Crippen molar-refractivity contribution in [1.29, 1.82) is 0 Å². The fraction of sp³-hybridized carbons (Fsp3) is 0.278. The van der Waals surface area contributed by atoms with Crippen LogP contribution in [0.3, 0.4) is 0 Å². The van der Waals surface area contributed by atoms with Gasteiger partial charge in [0.25, 0.3) is 0 Å². The standard InChI is InChI=1S/C18H20N2O4S.ClH/c1-22-15-4-2-12(10-14(15)19)20-18(21)6-9-25-13-3-5-16-17(11-13)24-8-7-23-16;/h2-5,10-11H,6-9,19H2,1H3,(H,20,21);1H. The molecule has 1 heterocycles. The van der Waals surface area contributed by atoms with Gasteiger partial charge in [0.1, 0.15) is 19.0 Å². The van der Waals surface area contributed by atoms with E-state index in [0.29, 0.717) is 42.5 Å². The Kier molecular flexibility index (Phi) is 7.29. The highest BCUT2D eigenvalue weighted by molar-refractivity contribution is 7.99. The average molecular weight is 397 g/mol. The lowest BCUT2D eigenvalue weighted by Gasteiger charge is -2.18. The molecule has 3 N–H and O–H groups in total. The normalized spacial score (nSPS) is 12.0. The van der Waals surface area contributed by atoms with Gasteiger partial charge in [-0.15, -0.1) is 24.2 Å². The number of amides is 1. The van der Waals surface area contributed by atoms with Crippen LogP contribution >= 0.6 is 24.2 Å². The van der Waals surface area contributed by atoms with Crippen LogP contribution in [0.4, 0.5) is 11.4 Å². The van der Waals surface area contributed by atoms with Crippen molar-refractivity contribution in [2.45, 2.75) is 11.3 Å². The second-order valence-corrected chi connectivity index (χ2v) is 6.58. The number of hydrogen-bond acceptors (Lipinski definition) is 6. The number of nitrogens with one attached hydrogen (secondary N) is 1. The van der Waals surface area contributed by atoms with Crippen LogP contribution in [0.2, 0.25) is 0 Å². The highest BCUT2D eigenvalue weighted by Crippen LogP contribution is 2.34. The minimum atomic E-state index is -0.0605. The number of hydrogen-bond donors (Lipinski definition) is 2. The van der Waals surface area contributed by atoms with E-state index in [4.69, 9.17) is 19.9 Å². The summed E-state index contributed by atoms with van der Waals surface area (Å²) >= 11 is 1.60. The van der Waals surface area contributed by atoms with Gasteiger partial charge in [0.2, 0.25) is 5.91 Å². The predicted octanol–water partition coefficient (Wildman–Crippen LogP) is 3.59. The second kappa shape index (κ2) is 9.45. The van der Waals surface area contributed by atoms with Gasteiger partial charge in [-0.05, 0) is 36.4 Å². The van der Waals surface area contributed by atoms with Crippen LogP contribution in [-0.4, -0.2) is 32.0 Å². The van der Waals surface area contributed by atoms with Crippen molar-refractivity contribution in [3.05, 3.63) is 36.4 Å². The molecule has 1 amide bonds. The fourth-order valence-electron chi connectivity index (χ4n) is 2.41. The molecule has 0 spiro atoms. The van der Waals surface area contributed by atoms with Crippen molar-refractivity contribution in [1.82, 2.24) is 0 Å². The summed E-state index contributed by atoms with van der Waals surface area (Å²) in [5.41, 5.74) is 6.99. The highest BCUT2D eigenvalue weighted by atomic mass is 35.5. The minimum Gasteiger partial charge on any atom is -0.495 e. The van der Waals surface area contributed by atoms with Gasteiger partial charge < -0.3 is 25.3 Å². The van der Waals surface area contributed by atoms with Gasteiger partial charge in [-0.3, -0.25) is 4.79 Å². The Morgan fingerprint density at radius 1 is 1.19 bits per heavy atom. The summed E-state index contributed by atoms with van der Waals surface area (Å²) in [6.07, 6.45) is 0.394. The second-order valence-electron chi connectivity index (χ2n) is 5.41. The van der Waals surface area contributed by atoms with E-state index in [1.165, 1.54) is 0 Å². The number of carbonyl (C=O) groups is 1. The van der Waals surface area contributed by atoms with Crippen LogP contribution < -0.4 is 25.3 Å². The summed E-state index contributed by atoms with van der Waals surface area (Å²) in [5, 5.41) is 2.84. The van der Waals surface area contributed by atoms with Crippen LogP contribution in [0.15, 0.2) is 41.3 Å². The SMILES string of the molecule is COc1ccc(NC(=O)CCSc2ccc3c(c2)OCCO3)cc1N.Cl. The number of rotatable bonds is 6. The predicted molar refractivity (Wildman–Crippen MR) is 106 cm³/mol. The number of halogens is 1. The third-order valence-corrected chi connectivity index (χ3v) is 4.62. The maximum atomic E-state index is 12.1. The molecule has 1 aliphatic rings. The molecule has 0 saturated carbocycles. The Morgan fingerprint density at radius 2 is 1.96 bits per heavy atom. The van der Waals surface area contributed by atoms with Gasteiger partial charge in [0, 0.05) is 22.8 Å². The molecular weight excluding hydrogens is 376 g/mol. The van der Waals surface area contributed by atoms with Crippen LogP contribution in [0.5, 0.6) is 17.2 Å². The molecule has 140 valence electrons. The van der Waals surface area contributed by atoms with Crippen molar-refractivity contribution in [2.24, 2.45) is 0 Å². The lowest BCUT2D eigenvalue weighted by atomic mass is 10.2. The Bertz CT molecular complexity index is 773.